The zero-order valence-corrected chi connectivity index (χ0v) is 6.48. The second-order valence-electron chi connectivity index (χ2n) is 3.02. The lowest BCUT2D eigenvalue weighted by molar-refractivity contribution is 0.465. The van der Waals surface area contributed by atoms with Gasteiger partial charge in [0.15, 0.2) is 0 Å². The molecule has 0 amide bonds. The van der Waals surface area contributed by atoms with E-state index in [1.165, 1.54) is 25.7 Å². The molecule has 1 N–H and O–H groups in total. The van der Waals surface area contributed by atoms with Crippen molar-refractivity contribution in [1.82, 2.24) is 5.32 Å². The molecule has 0 aliphatic heterocycles. The van der Waals surface area contributed by atoms with Crippen LogP contribution in [0.25, 0.3) is 0 Å². The van der Waals surface area contributed by atoms with Gasteiger partial charge in [-0.05, 0) is 32.2 Å². The van der Waals surface area contributed by atoms with Gasteiger partial charge >= 0.3 is 0 Å². The van der Waals surface area contributed by atoms with Crippen LogP contribution in [0.5, 0.6) is 0 Å². The Bertz CT molecular complexity index is 76.6. The Morgan fingerprint density at radius 2 is 2.22 bits per heavy atom. The van der Waals surface area contributed by atoms with Crippen LogP contribution in [0.3, 0.4) is 0 Å². The first kappa shape index (κ1) is 7.07. The molecule has 0 heterocycles. The quantitative estimate of drug-likeness (QED) is 0.607. The molecule has 0 saturated heterocycles. The zero-order chi connectivity index (χ0) is 6.69. The summed E-state index contributed by atoms with van der Waals surface area (Å²) in [5, 5.41) is 3.36. The van der Waals surface area contributed by atoms with Crippen LogP contribution in [0.2, 0.25) is 0 Å². The third kappa shape index (κ3) is 1.98. The highest BCUT2D eigenvalue weighted by Gasteiger charge is 2.28. The van der Waals surface area contributed by atoms with E-state index in [2.05, 4.69) is 19.3 Å². The van der Waals surface area contributed by atoms with Crippen molar-refractivity contribution in [3.63, 3.8) is 0 Å². The van der Waals surface area contributed by atoms with Gasteiger partial charge in [-0.15, -0.1) is 0 Å². The van der Waals surface area contributed by atoms with Crippen molar-refractivity contribution >= 4 is 0 Å². The summed E-state index contributed by atoms with van der Waals surface area (Å²) < 4.78 is 0. The third-order valence-electron chi connectivity index (χ3n) is 2.16. The summed E-state index contributed by atoms with van der Waals surface area (Å²) in [5.41, 5.74) is 0. The average molecular weight is 127 g/mol. The molecule has 1 unspecified atom stereocenters. The fourth-order valence-corrected chi connectivity index (χ4v) is 1.43. The molecule has 54 valence electrons. The lowest BCUT2D eigenvalue weighted by atomic mass is 10.1. The van der Waals surface area contributed by atoms with Crippen molar-refractivity contribution in [2.45, 2.75) is 38.6 Å². The largest absolute Gasteiger partial charge is 0.317 e. The standard InChI is InChI=1S/C8H17N/c1-3-4-8(9-2)7-5-6-7/h7-9H,3-6H2,1-2H3. The lowest BCUT2D eigenvalue weighted by Crippen LogP contribution is -2.26. The molecule has 1 rings (SSSR count). The molecule has 0 radical (unpaired) electrons. The first-order chi connectivity index (χ1) is 4.38. The Morgan fingerprint density at radius 1 is 1.56 bits per heavy atom. The maximum absolute atomic E-state index is 3.36. The van der Waals surface area contributed by atoms with Crippen LogP contribution in [-0.2, 0) is 0 Å². The lowest BCUT2D eigenvalue weighted by Gasteiger charge is -2.12. The molecule has 0 spiro atoms. The molecule has 9 heavy (non-hydrogen) atoms. The number of rotatable bonds is 4. The van der Waals surface area contributed by atoms with Gasteiger partial charge < -0.3 is 5.32 Å². The molecule has 1 fully saturated rings. The number of hydrogen-bond donors (Lipinski definition) is 1. The van der Waals surface area contributed by atoms with E-state index in [-0.39, 0.29) is 0 Å². The first-order valence-electron chi connectivity index (χ1n) is 4.05. The monoisotopic (exact) mass is 127 g/mol. The van der Waals surface area contributed by atoms with E-state index >= 15 is 0 Å². The van der Waals surface area contributed by atoms with Crippen LogP contribution in [0, 0.1) is 5.92 Å². The minimum absolute atomic E-state index is 0.829. The highest BCUT2D eigenvalue weighted by Crippen LogP contribution is 2.34. The van der Waals surface area contributed by atoms with Crippen molar-refractivity contribution in [1.29, 1.82) is 0 Å². The molecule has 0 aromatic rings. The predicted molar refractivity (Wildman–Crippen MR) is 40.5 cm³/mol. The Balaban J connectivity index is 2.12. The minimum Gasteiger partial charge on any atom is -0.317 e. The van der Waals surface area contributed by atoms with Crippen LogP contribution in [-0.4, -0.2) is 13.1 Å². The van der Waals surface area contributed by atoms with Crippen molar-refractivity contribution in [2.24, 2.45) is 5.92 Å². The third-order valence-corrected chi connectivity index (χ3v) is 2.16. The summed E-state index contributed by atoms with van der Waals surface area (Å²) in [5.74, 6) is 1.02. The molecule has 1 nitrogen and oxygen atoms in total. The van der Waals surface area contributed by atoms with E-state index in [1.54, 1.807) is 0 Å². The van der Waals surface area contributed by atoms with E-state index < -0.39 is 0 Å². The normalized spacial score (nSPS) is 22.0. The van der Waals surface area contributed by atoms with E-state index in [0.717, 1.165) is 12.0 Å². The molecular weight excluding hydrogens is 110 g/mol. The van der Waals surface area contributed by atoms with E-state index in [4.69, 9.17) is 0 Å². The van der Waals surface area contributed by atoms with Gasteiger partial charge in [-0.3, -0.25) is 0 Å². The van der Waals surface area contributed by atoms with Gasteiger partial charge in [-0.1, -0.05) is 13.3 Å². The summed E-state index contributed by atoms with van der Waals surface area (Å²) >= 11 is 0. The Kier molecular flexibility index (Phi) is 2.52. The Labute approximate surface area is 57.8 Å². The molecular formula is C8H17N. The van der Waals surface area contributed by atoms with Gasteiger partial charge in [0.25, 0.3) is 0 Å². The molecule has 0 aromatic carbocycles. The maximum Gasteiger partial charge on any atom is 0.00922 e. The summed E-state index contributed by atoms with van der Waals surface area (Å²) in [4.78, 5) is 0. The van der Waals surface area contributed by atoms with Gasteiger partial charge in [0, 0.05) is 6.04 Å². The number of hydrogen-bond acceptors (Lipinski definition) is 1. The van der Waals surface area contributed by atoms with Crippen LogP contribution in [0.1, 0.15) is 32.6 Å². The zero-order valence-electron chi connectivity index (χ0n) is 6.48. The Hall–Kier alpha value is -0.0400. The SMILES string of the molecule is CCCC(NC)C1CC1. The van der Waals surface area contributed by atoms with E-state index in [0.29, 0.717) is 0 Å². The summed E-state index contributed by atoms with van der Waals surface area (Å²) in [6.45, 7) is 2.26. The fraction of sp³-hybridized carbons (Fsp3) is 1.00. The summed E-state index contributed by atoms with van der Waals surface area (Å²) in [6, 6.07) is 0.829. The molecule has 1 aliphatic carbocycles. The van der Waals surface area contributed by atoms with Crippen LogP contribution >= 0.6 is 0 Å². The summed E-state index contributed by atoms with van der Waals surface area (Å²) in [7, 11) is 2.08. The molecule has 0 bridgehead atoms. The molecule has 1 aliphatic rings. The van der Waals surface area contributed by atoms with Crippen molar-refractivity contribution in [3.05, 3.63) is 0 Å². The van der Waals surface area contributed by atoms with Gasteiger partial charge in [0.1, 0.15) is 0 Å². The smallest absolute Gasteiger partial charge is 0.00922 e. The second kappa shape index (κ2) is 3.21. The number of nitrogens with one attached hydrogen (secondary N) is 1. The highest BCUT2D eigenvalue weighted by atomic mass is 14.9. The predicted octanol–water partition coefficient (Wildman–Crippen LogP) is 1.78. The average Bonchev–Trinajstić information content (AvgIpc) is 2.64. The molecule has 1 heteroatoms. The van der Waals surface area contributed by atoms with Crippen LogP contribution in [0.15, 0.2) is 0 Å². The second-order valence-corrected chi connectivity index (χ2v) is 3.02. The topological polar surface area (TPSA) is 12.0 Å². The Morgan fingerprint density at radius 3 is 2.56 bits per heavy atom. The van der Waals surface area contributed by atoms with Crippen LogP contribution < -0.4 is 5.32 Å². The van der Waals surface area contributed by atoms with E-state index in [1.807, 2.05) is 0 Å². The van der Waals surface area contributed by atoms with Gasteiger partial charge in [0.2, 0.25) is 0 Å². The highest BCUT2D eigenvalue weighted by molar-refractivity contribution is 4.84. The van der Waals surface area contributed by atoms with Crippen LogP contribution in [0.4, 0.5) is 0 Å². The van der Waals surface area contributed by atoms with Gasteiger partial charge in [-0.25, -0.2) is 0 Å². The minimum atomic E-state index is 0.829. The van der Waals surface area contributed by atoms with Crippen molar-refractivity contribution < 1.29 is 0 Å². The fourth-order valence-electron chi connectivity index (χ4n) is 1.43. The van der Waals surface area contributed by atoms with E-state index in [9.17, 15) is 0 Å². The van der Waals surface area contributed by atoms with Crippen molar-refractivity contribution in [3.8, 4) is 0 Å². The van der Waals surface area contributed by atoms with Crippen molar-refractivity contribution in [2.75, 3.05) is 7.05 Å². The first-order valence-corrected chi connectivity index (χ1v) is 4.05. The molecule has 1 saturated carbocycles. The molecule has 1 atom stereocenters. The molecule has 0 aromatic heterocycles. The maximum atomic E-state index is 3.36. The van der Waals surface area contributed by atoms with Gasteiger partial charge in [-0.2, -0.15) is 0 Å². The van der Waals surface area contributed by atoms with Gasteiger partial charge in [0.05, 0.1) is 0 Å². The summed E-state index contributed by atoms with van der Waals surface area (Å²) in [6.07, 6.45) is 5.61.